The molecule has 0 fully saturated rings. The van der Waals surface area contributed by atoms with Gasteiger partial charge in [0, 0.05) is 12.1 Å². The summed E-state index contributed by atoms with van der Waals surface area (Å²) in [6, 6.07) is 6.57. The number of amides is 1. The van der Waals surface area contributed by atoms with Crippen molar-refractivity contribution in [2.24, 2.45) is 0 Å². The van der Waals surface area contributed by atoms with Crippen LogP contribution in [0.15, 0.2) is 24.3 Å². The van der Waals surface area contributed by atoms with Gasteiger partial charge in [-0.15, -0.1) is 0 Å². The van der Waals surface area contributed by atoms with Crippen LogP contribution in [0.2, 0.25) is 0 Å². The molecule has 0 heterocycles. The van der Waals surface area contributed by atoms with Crippen molar-refractivity contribution in [1.82, 2.24) is 0 Å². The first kappa shape index (κ1) is 16.5. The second-order valence-electron chi connectivity index (χ2n) is 5.32. The second-order valence-corrected chi connectivity index (χ2v) is 5.32. The van der Waals surface area contributed by atoms with Crippen LogP contribution in [0.1, 0.15) is 64.7 Å². The molecule has 0 aliphatic rings. The van der Waals surface area contributed by atoms with Crippen LogP contribution in [-0.4, -0.2) is 11.0 Å². The highest BCUT2D eigenvalue weighted by Crippen LogP contribution is 2.14. The smallest absolute Gasteiger partial charge is 0.224 e. The number of anilines is 1. The van der Waals surface area contributed by atoms with E-state index in [2.05, 4.69) is 12.2 Å². The average Bonchev–Trinajstić information content (AvgIpc) is 2.44. The highest BCUT2D eigenvalue weighted by Gasteiger charge is 2.02. The number of aromatic hydroxyl groups is 1. The largest absolute Gasteiger partial charge is 0.508 e. The average molecular weight is 277 g/mol. The van der Waals surface area contributed by atoms with Gasteiger partial charge in [-0.1, -0.05) is 51.9 Å². The Morgan fingerprint density at radius 2 is 1.50 bits per heavy atom. The van der Waals surface area contributed by atoms with Gasteiger partial charge in [0.15, 0.2) is 0 Å². The van der Waals surface area contributed by atoms with E-state index in [0.717, 1.165) is 18.5 Å². The van der Waals surface area contributed by atoms with Gasteiger partial charge in [0.1, 0.15) is 5.75 Å². The van der Waals surface area contributed by atoms with E-state index in [1.807, 2.05) is 0 Å². The highest BCUT2D eigenvalue weighted by molar-refractivity contribution is 5.90. The topological polar surface area (TPSA) is 49.3 Å². The van der Waals surface area contributed by atoms with Crippen LogP contribution in [0.3, 0.4) is 0 Å². The summed E-state index contributed by atoms with van der Waals surface area (Å²) in [6.45, 7) is 2.23. The Morgan fingerprint density at radius 3 is 2.10 bits per heavy atom. The van der Waals surface area contributed by atoms with E-state index in [9.17, 15) is 4.79 Å². The minimum absolute atomic E-state index is 0.0571. The van der Waals surface area contributed by atoms with E-state index >= 15 is 0 Å². The van der Waals surface area contributed by atoms with Crippen molar-refractivity contribution in [3.05, 3.63) is 24.3 Å². The van der Waals surface area contributed by atoms with Crippen LogP contribution < -0.4 is 5.32 Å². The summed E-state index contributed by atoms with van der Waals surface area (Å²) in [7, 11) is 0. The number of hydrogen-bond donors (Lipinski definition) is 2. The van der Waals surface area contributed by atoms with E-state index in [1.54, 1.807) is 24.3 Å². The first-order chi connectivity index (χ1) is 9.72. The predicted octanol–water partition coefficient (Wildman–Crippen LogP) is 4.86. The molecule has 0 aromatic heterocycles. The normalized spacial score (nSPS) is 10.4. The Morgan fingerprint density at radius 1 is 0.950 bits per heavy atom. The Balaban J connectivity index is 2.01. The standard InChI is InChI=1S/C17H27NO2/c1-2-3-4-5-6-7-8-9-10-17(20)18-15-11-13-16(19)14-12-15/h11-14,19H,2-10H2,1H3,(H,18,20). The summed E-state index contributed by atoms with van der Waals surface area (Å²) in [5.41, 5.74) is 0.743. The monoisotopic (exact) mass is 277 g/mol. The predicted molar refractivity (Wildman–Crippen MR) is 84.0 cm³/mol. The molecule has 0 aliphatic heterocycles. The van der Waals surface area contributed by atoms with Crippen molar-refractivity contribution < 1.29 is 9.90 Å². The molecule has 1 rings (SSSR count). The molecule has 0 aliphatic carbocycles. The number of hydrogen-bond acceptors (Lipinski definition) is 2. The van der Waals surface area contributed by atoms with Gasteiger partial charge in [-0.05, 0) is 30.7 Å². The van der Waals surface area contributed by atoms with Crippen LogP contribution >= 0.6 is 0 Å². The number of phenolic OH excluding ortho intramolecular Hbond substituents is 1. The molecule has 0 saturated carbocycles. The van der Waals surface area contributed by atoms with Crippen molar-refractivity contribution in [2.75, 3.05) is 5.32 Å². The molecule has 112 valence electrons. The first-order valence-electron chi connectivity index (χ1n) is 7.81. The summed E-state index contributed by atoms with van der Waals surface area (Å²) >= 11 is 0. The van der Waals surface area contributed by atoms with E-state index in [4.69, 9.17) is 5.11 Å². The molecule has 0 spiro atoms. The van der Waals surface area contributed by atoms with Gasteiger partial charge in [0.05, 0.1) is 0 Å². The van der Waals surface area contributed by atoms with Crippen LogP contribution in [0.5, 0.6) is 5.75 Å². The maximum Gasteiger partial charge on any atom is 0.224 e. The first-order valence-corrected chi connectivity index (χ1v) is 7.81. The third-order valence-corrected chi connectivity index (χ3v) is 3.41. The highest BCUT2D eigenvalue weighted by atomic mass is 16.3. The number of benzene rings is 1. The van der Waals surface area contributed by atoms with Gasteiger partial charge < -0.3 is 10.4 Å². The number of carbonyl (C=O) groups excluding carboxylic acids is 1. The Kier molecular flexibility index (Phi) is 8.52. The van der Waals surface area contributed by atoms with Crippen molar-refractivity contribution in [2.45, 2.75) is 64.7 Å². The van der Waals surface area contributed by atoms with Gasteiger partial charge in [-0.2, -0.15) is 0 Å². The fourth-order valence-corrected chi connectivity index (χ4v) is 2.19. The molecule has 1 amide bonds. The molecule has 20 heavy (non-hydrogen) atoms. The number of carbonyl (C=O) groups is 1. The molecule has 3 heteroatoms. The summed E-state index contributed by atoms with van der Waals surface area (Å²) in [4.78, 5) is 11.7. The van der Waals surface area contributed by atoms with Crippen LogP contribution in [0.4, 0.5) is 5.69 Å². The lowest BCUT2D eigenvalue weighted by atomic mass is 10.1. The van der Waals surface area contributed by atoms with E-state index in [-0.39, 0.29) is 11.7 Å². The maximum absolute atomic E-state index is 11.7. The third-order valence-electron chi connectivity index (χ3n) is 3.41. The van der Waals surface area contributed by atoms with Gasteiger partial charge in [0.2, 0.25) is 5.91 Å². The zero-order valence-corrected chi connectivity index (χ0v) is 12.5. The Labute approximate surface area is 122 Å². The molecule has 0 saturated heterocycles. The third kappa shape index (κ3) is 7.82. The molecule has 1 aromatic carbocycles. The molecule has 3 nitrogen and oxygen atoms in total. The van der Waals surface area contributed by atoms with Crippen molar-refractivity contribution in [3.63, 3.8) is 0 Å². The van der Waals surface area contributed by atoms with Crippen molar-refractivity contribution >= 4 is 11.6 Å². The van der Waals surface area contributed by atoms with Crippen molar-refractivity contribution in [1.29, 1.82) is 0 Å². The summed E-state index contributed by atoms with van der Waals surface area (Å²) in [5, 5.41) is 12.0. The summed E-state index contributed by atoms with van der Waals surface area (Å²) in [5.74, 6) is 0.271. The zero-order valence-electron chi connectivity index (χ0n) is 12.5. The molecule has 2 N–H and O–H groups in total. The molecule has 0 bridgehead atoms. The quantitative estimate of drug-likeness (QED) is 0.474. The summed E-state index contributed by atoms with van der Waals surface area (Å²) < 4.78 is 0. The zero-order chi connectivity index (χ0) is 14.6. The maximum atomic E-state index is 11.7. The number of rotatable bonds is 10. The van der Waals surface area contributed by atoms with Crippen LogP contribution in [-0.2, 0) is 4.79 Å². The van der Waals surface area contributed by atoms with Gasteiger partial charge in [-0.3, -0.25) is 4.79 Å². The second kappa shape index (κ2) is 10.3. The van der Waals surface area contributed by atoms with Crippen LogP contribution in [0.25, 0.3) is 0 Å². The van der Waals surface area contributed by atoms with E-state index < -0.39 is 0 Å². The van der Waals surface area contributed by atoms with Gasteiger partial charge in [0.25, 0.3) is 0 Å². The van der Waals surface area contributed by atoms with Crippen molar-refractivity contribution in [3.8, 4) is 5.75 Å². The molecule has 0 atom stereocenters. The fourth-order valence-electron chi connectivity index (χ4n) is 2.19. The molecular formula is C17H27NO2. The van der Waals surface area contributed by atoms with E-state index in [0.29, 0.717) is 6.42 Å². The lowest BCUT2D eigenvalue weighted by Crippen LogP contribution is -2.10. The number of unbranched alkanes of at least 4 members (excludes halogenated alkanes) is 7. The lowest BCUT2D eigenvalue weighted by Gasteiger charge is -2.05. The molecule has 0 radical (unpaired) electrons. The SMILES string of the molecule is CCCCCCCCCCC(=O)Nc1ccc(O)cc1. The molecular weight excluding hydrogens is 250 g/mol. The Hall–Kier alpha value is -1.51. The number of nitrogens with one attached hydrogen (secondary N) is 1. The minimum atomic E-state index is 0.0571. The summed E-state index contributed by atoms with van der Waals surface area (Å²) in [6.07, 6.45) is 10.5. The van der Waals surface area contributed by atoms with Crippen LogP contribution in [0, 0.1) is 0 Å². The number of phenols is 1. The van der Waals surface area contributed by atoms with Gasteiger partial charge >= 0.3 is 0 Å². The fraction of sp³-hybridized carbons (Fsp3) is 0.588. The lowest BCUT2D eigenvalue weighted by molar-refractivity contribution is -0.116. The Bertz CT molecular complexity index is 373. The van der Waals surface area contributed by atoms with E-state index in [1.165, 1.54) is 38.5 Å². The molecule has 1 aromatic rings. The minimum Gasteiger partial charge on any atom is -0.508 e. The van der Waals surface area contributed by atoms with Gasteiger partial charge in [-0.25, -0.2) is 0 Å². The molecule has 0 unspecified atom stereocenters.